The quantitative estimate of drug-likeness (QED) is 0.344. The molecule has 0 atom stereocenters. The number of hydrogen-bond acceptors (Lipinski definition) is 9. The van der Waals surface area contributed by atoms with Crippen LogP contribution in [0.3, 0.4) is 0 Å². The lowest BCUT2D eigenvalue weighted by atomic mass is 10.2. The van der Waals surface area contributed by atoms with Gasteiger partial charge in [0.25, 0.3) is 15.9 Å². The van der Waals surface area contributed by atoms with E-state index < -0.39 is 21.9 Å². The first-order chi connectivity index (χ1) is 18.3. The number of thiazole rings is 1. The van der Waals surface area contributed by atoms with E-state index in [1.54, 1.807) is 22.8 Å². The predicted molar refractivity (Wildman–Crippen MR) is 138 cm³/mol. The molecule has 38 heavy (non-hydrogen) atoms. The highest BCUT2D eigenvalue weighted by Gasteiger charge is 2.20. The average molecular weight is 556 g/mol. The van der Waals surface area contributed by atoms with E-state index in [0.717, 1.165) is 4.70 Å². The Bertz CT molecular complexity index is 1720. The lowest BCUT2D eigenvalue weighted by Gasteiger charge is -2.09. The summed E-state index contributed by atoms with van der Waals surface area (Å²) in [6, 6.07) is 15.4. The van der Waals surface area contributed by atoms with Gasteiger partial charge in [0.15, 0.2) is 16.3 Å². The van der Waals surface area contributed by atoms with Gasteiger partial charge in [-0.3, -0.25) is 14.3 Å². The minimum atomic E-state index is -3.91. The number of nitrogens with one attached hydrogen (secondary N) is 1. The van der Waals surface area contributed by atoms with Gasteiger partial charge in [-0.25, -0.2) is 8.42 Å². The van der Waals surface area contributed by atoms with E-state index in [1.807, 2.05) is 0 Å². The first-order valence-corrected chi connectivity index (χ1v) is 13.4. The van der Waals surface area contributed by atoms with E-state index in [4.69, 9.17) is 18.9 Å². The third-order valence-electron chi connectivity index (χ3n) is 5.62. The van der Waals surface area contributed by atoms with Crippen LogP contribution in [0.2, 0.25) is 0 Å². The van der Waals surface area contributed by atoms with Gasteiger partial charge < -0.3 is 23.5 Å². The Balaban J connectivity index is 1.48. The molecule has 1 aromatic heterocycles. The Morgan fingerprint density at radius 3 is 2.50 bits per heavy atom. The molecule has 0 saturated carbocycles. The Morgan fingerprint density at radius 1 is 1.05 bits per heavy atom. The lowest BCUT2D eigenvalue weighted by Crippen LogP contribution is -2.22. The van der Waals surface area contributed by atoms with E-state index in [1.165, 1.54) is 68.0 Å². The summed E-state index contributed by atoms with van der Waals surface area (Å²) < 4.78 is 51.1. The number of rotatable bonds is 7. The number of anilines is 1. The molecule has 1 amide bonds. The van der Waals surface area contributed by atoms with Crippen LogP contribution < -0.4 is 23.7 Å². The molecule has 0 aliphatic carbocycles. The lowest BCUT2D eigenvalue weighted by molar-refractivity contribution is -0.141. The van der Waals surface area contributed by atoms with Crippen LogP contribution in [0, 0.1) is 0 Å². The number of fused-ring (bicyclic) bond motifs is 2. The summed E-state index contributed by atoms with van der Waals surface area (Å²) in [6.45, 7) is -0.0815. The van der Waals surface area contributed by atoms with Crippen molar-refractivity contribution in [3.8, 4) is 17.2 Å². The second-order valence-electron chi connectivity index (χ2n) is 8.00. The molecule has 0 unspecified atom stereocenters. The summed E-state index contributed by atoms with van der Waals surface area (Å²) >= 11 is 1.19. The van der Waals surface area contributed by atoms with E-state index in [9.17, 15) is 18.0 Å². The highest BCUT2D eigenvalue weighted by molar-refractivity contribution is 7.92. The molecule has 2 heterocycles. The van der Waals surface area contributed by atoms with Crippen molar-refractivity contribution < 1.29 is 37.0 Å². The number of carbonyl (C=O) groups excluding carboxylic acids is 2. The number of benzene rings is 3. The van der Waals surface area contributed by atoms with Gasteiger partial charge in [0.1, 0.15) is 12.3 Å². The third kappa shape index (κ3) is 5.06. The minimum absolute atomic E-state index is 0.0358. The number of ether oxygens (including phenoxy) is 4. The number of hydrogen-bond donors (Lipinski definition) is 1. The molecule has 1 aliphatic rings. The fourth-order valence-corrected chi connectivity index (χ4v) is 5.81. The monoisotopic (exact) mass is 555 g/mol. The fourth-order valence-electron chi connectivity index (χ4n) is 3.73. The van der Waals surface area contributed by atoms with Crippen LogP contribution in [0.15, 0.2) is 70.6 Å². The molecule has 0 fully saturated rings. The maximum absolute atomic E-state index is 13.1. The molecule has 13 heteroatoms. The molecule has 3 aromatic carbocycles. The highest BCUT2D eigenvalue weighted by atomic mass is 32.2. The van der Waals surface area contributed by atoms with E-state index in [2.05, 4.69) is 9.71 Å². The van der Waals surface area contributed by atoms with Crippen LogP contribution in [0.25, 0.3) is 10.2 Å². The van der Waals surface area contributed by atoms with Gasteiger partial charge in [-0.1, -0.05) is 17.4 Å². The zero-order chi connectivity index (χ0) is 26.9. The molecule has 11 nitrogen and oxygen atoms in total. The molecular formula is C25H21N3O8S2. The molecule has 0 spiro atoms. The van der Waals surface area contributed by atoms with Crippen molar-refractivity contribution in [3.63, 3.8) is 0 Å². The highest BCUT2D eigenvalue weighted by Crippen LogP contribution is 2.37. The first kappa shape index (κ1) is 25.3. The van der Waals surface area contributed by atoms with Gasteiger partial charge in [0.2, 0.25) is 6.79 Å². The standard InChI is InChI=1S/C25H21N3O8S2/c1-33-17-6-8-18(9-7-17)38(31,32)27-16-5-3-4-15(10-16)24(30)26-25-28(13-23(29)34-2)19-11-20-21(36-14-35-20)12-22(19)37-25/h3-12,27H,13-14H2,1-2H3. The summed E-state index contributed by atoms with van der Waals surface area (Å²) in [7, 11) is -1.15. The van der Waals surface area contributed by atoms with Crippen LogP contribution >= 0.6 is 11.3 Å². The Labute approximate surface area is 220 Å². The molecule has 1 aliphatic heterocycles. The Hall–Kier alpha value is -4.36. The van der Waals surface area contributed by atoms with E-state index >= 15 is 0 Å². The minimum Gasteiger partial charge on any atom is -0.497 e. The number of amides is 1. The van der Waals surface area contributed by atoms with Gasteiger partial charge in [-0.15, -0.1) is 0 Å². The molecule has 196 valence electrons. The van der Waals surface area contributed by atoms with Gasteiger partial charge >= 0.3 is 5.97 Å². The molecule has 1 N–H and O–H groups in total. The van der Waals surface area contributed by atoms with Crippen LogP contribution in [0.5, 0.6) is 17.2 Å². The summed E-state index contributed by atoms with van der Waals surface area (Å²) in [4.78, 5) is 29.8. The van der Waals surface area contributed by atoms with Crippen molar-refractivity contribution in [2.45, 2.75) is 11.4 Å². The second kappa shape index (κ2) is 10.2. The van der Waals surface area contributed by atoms with Crippen molar-refractivity contribution in [1.29, 1.82) is 0 Å². The molecule has 5 rings (SSSR count). The number of esters is 1. The number of methoxy groups -OCH3 is 2. The number of aromatic nitrogens is 1. The summed E-state index contributed by atoms with van der Waals surface area (Å²) in [5, 5.41) is 0. The zero-order valence-electron chi connectivity index (χ0n) is 20.2. The summed E-state index contributed by atoms with van der Waals surface area (Å²) in [5.74, 6) is 0.447. The molecular weight excluding hydrogens is 534 g/mol. The maximum Gasteiger partial charge on any atom is 0.325 e. The average Bonchev–Trinajstić information content (AvgIpc) is 3.50. The van der Waals surface area contributed by atoms with Crippen molar-refractivity contribution in [3.05, 3.63) is 71.0 Å². The van der Waals surface area contributed by atoms with Crippen LogP contribution in [0.4, 0.5) is 5.69 Å². The molecule has 0 saturated heterocycles. The van der Waals surface area contributed by atoms with Crippen LogP contribution in [-0.4, -0.2) is 45.9 Å². The largest absolute Gasteiger partial charge is 0.497 e. The van der Waals surface area contributed by atoms with Gasteiger partial charge in [0, 0.05) is 23.4 Å². The Kier molecular flexibility index (Phi) is 6.78. The topological polar surface area (TPSA) is 135 Å². The molecule has 0 radical (unpaired) electrons. The Morgan fingerprint density at radius 2 is 1.79 bits per heavy atom. The van der Waals surface area contributed by atoms with Gasteiger partial charge in [-0.2, -0.15) is 4.99 Å². The van der Waals surface area contributed by atoms with Crippen LogP contribution in [0.1, 0.15) is 10.4 Å². The van der Waals surface area contributed by atoms with E-state index in [0.29, 0.717) is 22.8 Å². The fraction of sp³-hybridized carbons (Fsp3) is 0.160. The van der Waals surface area contributed by atoms with Crippen molar-refractivity contribution in [2.24, 2.45) is 4.99 Å². The number of carbonyl (C=O) groups is 2. The third-order valence-corrected chi connectivity index (χ3v) is 8.06. The SMILES string of the molecule is COC(=O)Cn1c(=NC(=O)c2cccc(NS(=O)(=O)c3ccc(OC)cc3)c2)sc2cc3c(cc21)OCO3. The maximum atomic E-state index is 13.1. The second-order valence-corrected chi connectivity index (χ2v) is 10.7. The van der Waals surface area contributed by atoms with Gasteiger partial charge in [-0.05, 0) is 42.5 Å². The zero-order valence-corrected chi connectivity index (χ0v) is 21.8. The predicted octanol–water partition coefficient (Wildman–Crippen LogP) is 3.16. The smallest absolute Gasteiger partial charge is 0.325 e. The van der Waals surface area contributed by atoms with E-state index in [-0.39, 0.29) is 34.3 Å². The molecule has 4 aromatic rings. The number of sulfonamides is 1. The summed E-state index contributed by atoms with van der Waals surface area (Å²) in [5.41, 5.74) is 0.958. The summed E-state index contributed by atoms with van der Waals surface area (Å²) in [6.07, 6.45) is 0. The van der Waals surface area contributed by atoms with Crippen molar-refractivity contribution in [1.82, 2.24) is 4.57 Å². The first-order valence-electron chi connectivity index (χ1n) is 11.1. The molecule has 0 bridgehead atoms. The van der Waals surface area contributed by atoms with Crippen LogP contribution in [-0.2, 0) is 26.1 Å². The normalized spacial score (nSPS) is 12.9. The van der Waals surface area contributed by atoms with Crippen molar-refractivity contribution >= 4 is 49.1 Å². The number of nitrogens with zero attached hydrogens (tertiary/aromatic N) is 2. The van der Waals surface area contributed by atoms with Gasteiger partial charge in [0.05, 0.1) is 29.3 Å². The van der Waals surface area contributed by atoms with Crippen molar-refractivity contribution in [2.75, 3.05) is 25.7 Å².